The number of rotatable bonds is 10. The van der Waals surface area contributed by atoms with Gasteiger partial charge in [-0.05, 0) is 72.9 Å². The lowest BCUT2D eigenvalue weighted by molar-refractivity contribution is -0.160. The number of unbranched alkanes of at least 4 members (excludes halogenated alkanes) is 2. The standard InChI is InChI=1S/C27H45N3O4/c1-9-10-11-16-34-21(3)17-30-25(4,5)18-27(23(31)33-8,19-26(30,6)7)29-24(32)28-22-14-12-20(2)13-15-22/h12-15,21H,9-11,16-19H2,1-8H3,(H2,28,29,32). The van der Waals surface area contributed by atoms with E-state index in [4.69, 9.17) is 9.47 Å². The zero-order valence-electron chi connectivity index (χ0n) is 22.4. The minimum Gasteiger partial charge on any atom is -0.467 e. The Balaban J connectivity index is 2.19. The van der Waals surface area contributed by atoms with Crippen LogP contribution in [0.15, 0.2) is 24.3 Å². The fourth-order valence-electron chi connectivity index (χ4n) is 5.49. The van der Waals surface area contributed by atoms with Crippen LogP contribution in [0.1, 0.15) is 79.2 Å². The number of carbonyl (C=O) groups excluding carboxylic acids is 2. The highest BCUT2D eigenvalue weighted by molar-refractivity contribution is 5.94. The summed E-state index contributed by atoms with van der Waals surface area (Å²) in [6.45, 7) is 16.3. The summed E-state index contributed by atoms with van der Waals surface area (Å²) in [4.78, 5) is 28.5. The Labute approximate surface area is 205 Å². The molecule has 34 heavy (non-hydrogen) atoms. The SMILES string of the molecule is CCCCCOC(C)CN1C(C)(C)CC(NC(=O)Nc2ccc(C)cc2)(C(=O)OC)CC1(C)C. The second-order valence-corrected chi connectivity index (χ2v) is 11.0. The first kappa shape index (κ1) is 28.1. The number of nitrogens with one attached hydrogen (secondary N) is 2. The van der Waals surface area contributed by atoms with Crippen LogP contribution in [-0.2, 0) is 14.3 Å². The van der Waals surface area contributed by atoms with Crippen molar-refractivity contribution < 1.29 is 19.1 Å². The summed E-state index contributed by atoms with van der Waals surface area (Å²) in [6.07, 6.45) is 4.34. The number of esters is 1. The highest BCUT2D eigenvalue weighted by atomic mass is 16.5. The Hall–Kier alpha value is -2.12. The zero-order valence-corrected chi connectivity index (χ0v) is 22.4. The number of piperidine rings is 1. The van der Waals surface area contributed by atoms with Crippen LogP contribution >= 0.6 is 0 Å². The number of carbonyl (C=O) groups is 2. The van der Waals surface area contributed by atoms with Crippen molar-refractivity contribution in [3.8, 4) is 0 Å². The van der Waals surface area contributed by atoms with Gasteiger partial charge in [0.2, 0.25) is 0 Å². The van der Waals surface area contributed by atoms with Crippen molar-refractivity contribution >= 4 is 17.7 Å². The van der Waals surface area contributed by atoms with Crippen molar-refractivity contribution in [3.05, 3.63) is 29.8 Å². The molecule has 1 atom stereocenters. The van der Waals surface area contributed by atoms with Crippen molar-refractivity contribution in [1.29, 1.82) is 0 Å². The van der Waals surface area contributed by atoms with E-state index in [1.807, 2.05) is 31.2 Å². The van der Waals surface area contributed by atoms with Crippen molar-refractivity contribution in [2.24, 2.45) is 0 Å². The molecule has 7 nitrogen and oxygen atoms in total. The molecule has 1 aromatic carbocycles. The van der Waals surface area contributed by atoms with E-state index in [0.29, 0.717) is 18.5 Å². The number of urea groups is 1. The van der Waals surface area contributed by atoms with E-state index < -0.39 is 17.5 Å². The third-order valence-corrected chi connectivity index (χ3v) is 6.76. The fourth-order valence-corrected chi connectivity index (χ4v) is 5.49. The molecule has 0 spiro atoms. The van der Waals surface area contributed by atoms with E-state index in [0.717, 1.165) is 25.1 Å². The number of hydrogen-bond donors (Lipinski definition) is 2. The monoisotopic (exact) mass is 475 g/mol. The molecule has 0 saturated carbocycles. The normalized spacial score (nSPS) is 19.8. The van der Waals surface area contributed by atoms with E-state index in [1.165, 1.54) is 20.0 Å². The summed E-state index contributed by atoms with van der Waals surface area (Å²) in [7, 11) is 1.38. The van der Waals surface area contributed by atoms with Gasteiger partial charge in [0.1, 0.15) is 5.54 Å². The minimum atomic E-state index is -1.14. The van der Waals surface area contributed by atoms with Crippen LogP contribution in [0.3, 0.4) is 0 Å². The van der Waals surface area contributed by atoms with E-state index in [9.17, 15) is 9.59 Å². The number of ether oxygens (including phenoxy) is 2. The van der Waals surface area contributed by atoms with Crippen LogP contribution < -0.4 is 10.6 Å². The molecule has 1 fully saturated rings. The van der Waals surface area contributed by atoms with Gasteiger partial charge in [-0.2, -0.15) is 0 Å². The Morgan fingerprint density at radius 2 is 1.65 bits per heavy atom. The second kappa shape index (κ2) is 11.5. The largest absolute Gasteiger partial charge is 0.467 e. The number of nitrogens with zero attached hydrogens (tertiary/aromatic N) is 1. The van der Waals surface area contributed by atoms with E-state index >= 15 is 0 Å². The van der Waals surface area contributed by atoms with Crippen molar-refractivity contribution in [2.75, 3.05) is 25.6 Å². The number of likely N-dealkylation sites (tertiary alicyclic amines) is 1. The van der Waals surface area contributed by atoms with Gasteiger partial charge in [-0.25, -0.2) is 9.59 Å². The van der Waals surface area contributed by atoms with Gasteiger partial charge in [0.15, 0.2) is 0 Å². The van der Waals surface area contributed by atoms with Gasteiger partial charge >= 0.3 is 12.0 Å². The summed E-state index contributed by atoms with van der Waals surface area (Å²) in [6, 6.07) is 7.14. The van der Waals surface area contributed by atoms with Crippen LogP contribution in [0.4, 0.5) is 10.5 Å². The zero-order chi connectivity index (χ0) is 25.6. The lowest BCUT2D eigenvalue weighted by atomic mass is 9.68. The van der Waals surface area contributed by atoms with Gasteiger partial charge in [0.25, 0.3) is 0 Å². The van der Waals surface area contributed by atoms with Gasteiger partial charge in [0, 0.05) is 29.9 Å². The molecule has 0 radical (unpaired) electrons. The quantitative estimate of drug-likeness (QED) is 0.356. The molecule has 192 valence electrons. The third kappa shape index (κ3) is 7.19. The molecule has 7 heteroatoms. The maximum Gasteiger partial charge on any atom is 0.331 e. The predicted octanol–water partition coefficient (Wildman–Crippen LogP) is 5.28. The molecular weight excluding hydrogens is 430 g/mol. The van der Waals surface area contributed by atoms with Crippen molar-refractivity contribution in [1.82, 2.24) is 10.2 Å². The summed E-state index contributed by atoms with van der Waals surface area (Å²) in [5.41, 5.74) is -0.120. The molecule has 0 bridgehead atoms. The molecule has 1 saturated heterocycles. The van der Waals surface area contributed by atoms with Crippen LogP contribution in [0, 0.1) is 6.92 Å². The highest BCUT2D eigenvalue weighted by Gasteiger charge is 2.57. The average molecular weight is 476 g/mol. The van der Waals surface area contributed by atoms with Crippen molar-refractivity contribution in [2.45, 2.75) is 103 Å². The van der Waals surface area contributed by atoms with Crippen LogP contribution in [0.5, 0.6) is 0 Å². The Bertz CT molecular complexity index is 802. The van der Waals surface area contributed by atoms with Gasteiger partial charge < -0.3 is 20.1 Å². The molecule has 1 aromatic rings. The maximum absolute atomic E-state index is 13.1. The van der Waals surface area contributed by atoms with Gasteiger partial charge in [-0.1, -0.05) is 37.5 Å². The first-order valence-electron chi connectivity index (χ1n) is 12.5. The highest BCUT2D eigenvalue weighted by Crippen LogP contribution is 2.44. The number of aryl methyl sites for hydroxylation is 1. The number of amides is 2. The number of anilines is 1. The number of benzene rings is 1. The smallest absolute Gasteiger partial charge is 0.331 e. The second-order valence-electron chi connectivity index (χ2n) is 11.0. The molecule has 2 rings (SSSR count). The fraction of sp³-hybridized carbons (Fsp3) is 0.704. The molecule has 2 N–H and O–H groups in total. The molecule has 1 aliphatic rings. The van der Waals surface area contributed by atoms with E-state index in [1.54, 1.807) is 0 Å². The summed E-state index contributed by atoms with van der Waals surface area (Å²) < 4.78 is 11.3. The molecule has 2 amide bonds. The molecule has 1 unspecified atom stereocenters. The molecule has 1 heterocycles. The first-order valence-corrected chi connectivity index (χ1v) is 12.5. The van der Waals surface area contributed by atoms with Gasteiger partial charge in [-0.15, -0.1) is 0 Å². The average Bonchev–Trinajstić information content (AvgIpc) is 2.74. The minimum absolute atomic E-state index is 0.0684. The number of methoxy groups -OCH3 is 1. The van der Waals surface area contributed by atoms with Crippen LogP contribution in [-0.4, -0.2) is 59.9 Å². The predicted molar refractivity (Wildman–Crippen MR) is 137 cm³/mol. The Morgan fingerprint density at radius 3 is 2.18 bits per heavy atom. The lowest BCUT2D eigenvalue weighted by Gasteiger charge is -2.59. The van der Waals surface area contributed by atoms with E-state index in [2.05, 4.69) is 57.1 Å². The summed E-state index contributed by atoms with van der Waals surface area (Å²) in [5, 5.41) is 5.86. The third-order valence-electron chi connectivity index (χ3n) is 6.76. The Kier molecular flexibility index (Phi) is 9.54. The molecule has 0 aliphatic carbocycles. The number of hydrogen-bond acceptors (Lipinski definition) is 5. The van der Waals surface area contributed by atoms with Gasteiger partial charge in [0.05, 0.1) is 13.2 Å². The Morgan fingerprint density at radius 1 is 1.06 bits per heavy atom. The molecular formula is C27H45N3O4. The lowest BCUT2D eigenvalue weighted by Crippen LogP contribution is -2.72. The molecule has 0 aromatic heterocycles. The maximum atomic E-state index is 13.1. The topological polar surface area (TPSA) is 79.9 Å². The van der Waals surface area contributed by atoms with Crippen LogP contribution in [0.2, 0.25) is 0 Å². The van der Waals surface area contributed by atoms with Crippen LogP contribution in [0.25, 0.3) is 0 Å². The summed E-state index contributed by atoms with van der Waals surface area (Å²) >= 11 is 0. The van der Waals surface area contributed by atoms with E-state index in [-0.39, 0.29) is 17.2 Å². The van der Waals surface area contributed by atoms with Gasteiger partial charge in [-0.3, -0.25) is 4.90 Å². The summed E-state index contributed by atoms with van der Waals surface area (Å²) in [5.74, 6) is -0.420. The molecule has 1 aliphatic heterocycles. The van der Waals surface area contributed by atoms with Crippen molar-refractivity contribution in [3.63, 3.8) is 0 Å². The first-order chi connectivity index (χ1) is 15.8.